The number of allylic oxidation sites excluding steroid dienone is 4. The molecular formula is C30H51NO. The summed E-state index contributed by atoms with van der Waals surface area (Å²) in [6, 6.07) is 0. The zero-order valence-electron chi connectivity index (χ0n) is 21.9. The topological polar surface area (TPSA) is 29.1 Å². The van der Waals surface area contributed by atoms with Crippen LogP contribution in [0.2, 0.25) is 0 Å². The molecule has 32 heavy (non-hydrogen) atoms. The predicted octanol–water partition coefficient (Wildman–Crippen LogP) is 8.38. The first-order chi connectivity index (χ1) is 15.3. The Morgan fingerprint density at radius 2 is 1.75 bits per heavy atom. The van der Waals surface area contributed by atoms with E-state index in [0.29, 0.717) is 23.7 Å². The van der Waals surface area contributed by atoms with Crippen LogP contribution < -0.4 is 5.32 Å². The Kier molecular flexibility index (Phi) is 9.10. The minimum Gasteiger partial charge on any atom is -0.356 e. The lowest BCUT2D eigenvalue weighted by molar-refractivity contribution is -0.144. The molecule has 0 aromatic carbocycles. The minimum absolute atomic E-state index is 0.211. The quantitative estimate of drug-likeness (QED) is 0.320. The van der Waals surface area contributed by atoms with E-state index in [1.165, 1.54) is 70.6 Å². The van der Waals surface area contributed by atoms with Crippen LogP contribution in [0.1, 0.15) is 125 Å². The Morgan fingerprint density at radius 3 is 2.44 bits per heavy atom. The molecule has 0 saturated heterocycles. The molecule has 0 heterocycles. The van der Waals surface area contributed by atoms with Crippen LogP contribution in [0, 0.1) is 28.6 Å². The summed E-state index contributed by atoms with van der Waals surface area (Å²) in [5.41, 5.74) is 3.27. The van der Waals surface area contributed by atoms with E-state index in [2.05, 4.69) is 52.1 Å². The lowest BCUT2D eigenvalue weighted by Gasteiger charge is -2.57. The fourth-order valence-corrected chi connectivity index (χ4v) is 7.28. The van der Waals surface area contributed by atoms with Gasteiger partial charge < -0.3 is 5.32 Å². The maximum absolute atomic E-state index is 13.5. The van der Waals surface area contributed by atoms with Gasteiger partial charge in [0, 0.05) is 6.54 Å². The lowest BCUT2D eigenvalue weighted by Crippen LogP contribution is -2.55. The highest BCUT2D eigenvalue weighted by molar-refractivity contribution is 5.83. The monoisotopic (exact) mass is 441 g/mol. The highest BCUT2D eigenvalue weighted by Gasteiger charge is 2.56. The van der Waals surface area contributed by atoms with E-state index in [-0.39, 0.29) is 10.8 Å². The second kappa shape index (κ2) is 11.4. The van der Waals surface area contributed by atoms with Gasteiger partial charge in [-0.15, -0.1) is 0 Å². The van der Waals surface area contributed by atoms with Crippen molar-refractivity contribution in [3.05, 3.63) is 23.3 Å². The van der Waals surface area contributed by atoms with Crippen LogP contribution in [0.25, 0.3) is 0 Å². The third kappa shape index (κ3) is 5.53. The second-order valence-electron chi connectivity index (χ2n) is 12.0. The summed E-state index contributed by atoms with van der Waals surface area (Å²) < 4.78 is 0. The number of hydrogen-bond acceptors (Lipinski definition) is 1. The number of hydrogen-bond donors (Lipinski definition) is 1. The summed E-state index contributed by atoms with van der Waals surface area (Å²) in [5, 5.41) is 3.38. The van der Waals surface area contributed by atoms with E-state index in [1.807, 2.05) is 0 Å². The standard InChI is InChI=1S/C30H51NO/c1-6-7-8-9-10-11-12-13-21-31-28(32)30(5)20-14-19-29(4)26-17-15-24(23(2)3)22-25(26)16-18-27(29)30/h16,22-23,26-27H,6-15,17-21H2,1-5H3,(H,31,32)/t26-,27?,29+,30+/m0/s1. The molecule has 1 N–H and O–H groups in total. The van der Waals surface area contributed by atoms with E-state index in [9.17, 15) is 4.79 Å². The van der Waals surface area contributed by atoms with Crippen LogP contribution in [-0.2, 0) is 4.79 Å². The minimum atomic E-state index is -0.211. The fourth-order valence-electron chi connectivity index (χ4n) is 7.28. The molecule has 3 rings (SSSR count). The zero-order valence-corrected chi connectivity index (χ0v) is 21.9. The van der Waals surface area contributed by atoms with Gasteiger partial charge in [0.25, 0.3) is 0 Å². The van der Waals surface area contributed by atoms with E-state index >= 15 is 0 Å². The van der Waals surface area contributed by atoms with Gasteiger partial charge in [0.15, 0.2) is 0 Å². The Morgan fingerprint density at radius 1 is 1.06 bits per heavy atom. The summed E-state index contributed by atoms with van der Waals surface area (Å²) in [7, 11) is 0. The highest BCUT2D eigenvalue weighted by Crippen LogP contribution is 2.62. The van der Waals surface area contributed by atoms with Crippen molar-refractivity contribution >= 4 is 5.91 Å². The molecule has 0 bridgehead atoms. The summed E-state index contributed by atoms with van der Waals surface area (Å²) in [6.45, 7) is 12.6. The van der Waals surface area contributed by atoms with Gasteiger partial charge in [0.1, 0.15) is 0 Å². The molecular weight excluding hydrogens is 390 g/mol. The maximum Gasteiger partial charge on any atom is 0.226 e. The largest absolute Gasteiger partial charge is 0.356 e. The number of carbonyl (C=O) groups is 1. The summed E-state index contributed by atoms with van der Waals surface area (Å²) in [6.07, 6.45) is 22.7. The molecule has 3 aliphatic rings. The van der Waals surface area contributed by atoms with Crippen LogP contribution in [0.5, 0.6) is 0 Å². The molecule has 3 aliphatic carbocycles. The summed E-state index contributed by atoms with van der Waals surface area (Å²) >= 11 is 0. The van der Waals surface area contributed by atoms with E-state index in [0.717, 1.165) is 25.8 Å². The normalized spacial score (nSPS) is 32.1. The number of nitrogens with one attached hydrogen (secondary N) is 1. The van der Waals surface area contributed by atoms with Crippen molar-refractivity contribution in [2.75, 3.05) is 6.54 Å². The number of amides is 1. The molecule has 0 aromatic heterocycles. The van der Waals surface area contributed by atoms with Crippen molar-refractivity contribution in [1.29, 1.82) is 0 Å². The second-order valence-corrected chi connectivity index (χ2v) is 12.0. The molecule has 1 saturated carbocycles. The zero-order chi connectivity index (χ0) is 23.2. The first-order valence-corrected chi connectivity index (χ1v) is 14.0. The van der Waals surface area contributed by atoms with Gasteiger partial charge >= 0.3 is 0 Å². The van der Waals surface area contributed by atoms with Crippen LogP contribution >= 0.6 is 0 Å². The van der Waals surface area contributed by atoms with Gasteiger partial charge in [-0.2, -0.15) is 0 Å². The molecule has 1 fully saturated rings. The highest BCUT2D eigenvalue weighted by atomic mass is 16.2. The smallest absolute Gasteiger partial charge is 0.226 e. The van der Waals surface area contributed by atoms with Gasteiger partial charge in [-0.3, -0.25) is 4.79 Å². The van der Waals surface area contributed by atoms with Crippen molar-refractivity contribution in [2.24, 2.45) is 28.6 Å². The van der Waals surface area contributed by atoms with Crippen molar-refractivity contribution in [3.63, 3.8) is 0 Å². The third-order valence-corrected chi connectivity index (χ3v) is 9.41. The molecule has 182 valence electrons. The van der Waals surface area contributed by atoms with Crippen LogP contribution in [-0.4, -0.2) is 12.5 Å². The number of fused-ring (bicyclic) bond motifs is 3. The van der Waals surface area contributed by atoms with Gasteiger partial charge in [-0.05, 0) is 67.3 Å². The summed E-state index contributed by atoms with van der Waals surface area (Å²) in [5.74, 6) is 2.11. The molecule has 4 atom stereocenters. The maximum atomic E-state index is 13.5. The fraction of sp³-hybridized carbons (Fsp3) is 0.833. The van der Waals surface area contributed by atoms with E-state index in [4.69, 9.17) is 0 Å². The number of rotatable bonds is 11. The Balaban J connectivity index is 1.56. The van der Waals surface area contributed by atoms with Crippen molar-refractivity contribution in [2.45, 2.75) is 125 Å². The third-order valence-electron chi connectivity index (χ3n) is 9.41. The van der Waals surface area contributed by atoms with Crippen LogP contribution in [0.15, 0.2) is 23.3 Å². The first kappa shape index (κ1) is 25.6. The van der Waals surface area contributed by atoms with Gasteiger partial charge in [0.2, 0.25) is 5.91 Å². The first-order valence-electron chi connectivity index (χ1n) is 14.0. The molecule has 1 unspecified atom stereocenters. The van der Waals surface area contributed by atoms with Gasteiger partial charge in [-0.1, -0.05) is 104 Å². The van der Waals surface area contributed by atoms with Crippen molar-refractivity contribution in [3.8, 4) is 0 Å². The molecule has 0 spiro atoms. The van der Waals surface area contributed by atoms with E-state index in [1.54, 1.807) is 11.1 Å². The lowest BCUT2D eigenvalue weighted by atomic mass is 9.46. The molecule has 2 heteroatoms. The van der Waals surface area contributed by atoms with Crippen LogP contribution in [0.3, 0.4) is 0 Å². The van der Waals surface area contributed by atoms with Crippen molar-refractivity contribution < 1.29 is 4.79 Å². The average molecular weight is 442 g/mol. The Hall–Kier alpha value is -1.05. The molecule has 0 radical (unpaired) electrons. The van der Waals surface area contributed by atoms with Crippen molar-refractivity contribution in [1.82, 2.24) is 5.32 Å². The number of carbonyl (C=O) groups excluding carboxylic acids is 1. The predicted molar refractivity (Wildman–Crippen MR) is 138 cm³/mol. The van der Waals surface area contributed by atoms with Crippen LogP contribution in [0.4, 0.5) is 0 Å². The molecule has 1 amide bonds. The molecule has 0 aliphatic heterocycles. The van der Waals surface area contributed by atoms with Gasteiger partial charge in [-0.25, -0.2) is 0 Å². The number of unbranched alkanes of at least 4 members (excludes halogenated alkanes) is 7. The van der Waals surface area contributed by atoms with E-state index < -0.39 is 0 Å². The van der Waals surface area contributed by atoms with Gasteiger partial charge in [0.05, 0.1) is 5.41 Å². The molecule has 2 nitrogen and oxygen atoms in total. The Labute approximate surface area is 199 Å². The molecule has 0 aromatic rings. The summed E-state index contributed by atoms with van der Waals surface area (Å²) in [4.78, 5) is 13.5. The SMILES string of the molecule is CCCCCCCCCCNC(=O)[C@]1(C)CCC[C@@]2(C)C1CC=C1C=C(C(C)C)CC[C@@H]12. The Bertz CT molecular complexity index is 689. The average Bonchev–Trinajstić information content (AvgIpc) is 2.77.